The van der Waals surface area contributed by atoms with Gasteiger partial charge in [-0.1, -0.05) is 12.1 Å². The van der Waals surface area contributed by atoms with Crippen LogP contribution >= 0.6 is 0 Å². The van der Waals surface area contributed by atoms with Crippen LogP contribution in [0.25, 0.3) is 11.5 Å². The molecule has 140 valence electrons. The molecule has 3 rings (SSSR count). The zero-order chi connectivity index (χ0) is 19.7. The molecule has 1 N–H and O–H groups in total. The SMILES string of the molecule is CC(C)(C=O)c1nnc(-c2ccccc2Nc2ccc(C(F)(F)F)cc2)o1. The van der Waals surface area contributed by atoms with Gasteiger partial charge in [-0.15, -0.1) is 10.2 Å². The van der Waals surface area contributed by atoms with E-state index >= 15 is 0 Å². The molecule has 0 radical (unpaired) electrons. The molecule has 27 heavy (non-hydrogen) atoms. The van der Waals surface area contributed by atoms with Gasteiger partial charge in [-0.2, -0.15) is 13.2 Å². The molecule has 0 saturated carbocycles. The first-order valence-electron chi connectivity index (χ1n) is 8.05. The summed E-state index contributed by atoms with van der Waals surface area (Å²) in [6.45, 7) is 3.31. The Kier molecular flexibility index (Phi) is 4.73. The van der Waals surface area contributed by atoms with Crippen LogP contribution in [0.15, 0.2) is 52.9 Å². The maximum Gasteiger partial charge on any atom is 0.416 e. The molecule has 0 spiro atoms. The number of anilines is 2. The number of carbonyl (C=O) groups is 1. The van der Waals surface area contributed by atoms with E-state index in [0.29, 0.717) is 16.9 Å². The molecule has 1 heterocycles. The van der Waals surface area contributed by atoms with Crippen LogP contribution in [-0.2, 0) is 16.4 Å². The fourth-order valence-corrected chi connectivity index (χ4v) is 2.32. The number of nitrogens with one attached hydrogen (secondary N) is 1. The topological polar surface area (TPSA) is 68.0 Å². The van der Waals surface area contributed by atoms with Gasteiger partial charge in [0, 0.05) is 5.69 Å². The van der Waals surface area contributed by atoms with Gasteiger partial charge >= 0.3 is 6.18 Å². The van der Waals surface area contributed by atoms with Crippen LogP contribution < -0.4 is 5.32 Å². The maximum absolute atomic E-state index is 12.7. The van der Waals surface area contributed by atoms with Crippen LogP contribution in [0.1, 0.15) is 25.3 Å². The summed E-state index contributed by atoms with van der Waals surface area (Å²) in [5, 5.41) is 11.0. The molecule has 0 amide bonds. The lowest BCUT2D eigenvalue weighted by Crippen LogP contribution is -2.19. The average molecular weight is 375 g/mol. The number of rotatable bonds is 5. The molecule has 0 saturated heterocycles. The van der Waals surface area contributed by atoms with Gasteiger partial charge in [0.1, 0.15) is 6.29 Å². The second-order valence-corrected chi connectivity index (χ2v) is 6.50. The molecule has 0 aliphatic rings. The minimum Gasteiger partial charge on any atom is -0.420 e. The first-order valence-corrected chi connectivity index (χ1v) is 8.05. The first-order chi connectivity index (χ1) is 12.7. The highest BCUT2D eigenvalue weighted by atomic mass is 19.4. The van der Waals surface area contributed by atoms with Crippen molar-refractivity contribution in [3.8, 4) is 11.5 Å². The Morgan fingerprint density at radius 3 is 2.30 bits per heavy atom. The lowest BCUT2D eigenvalue weighted by Gasteiger charge is -2.12. The summed E-state index contributed by atoms with van der Waals surface area (Å²) in [4.78, 5) is 11.2. The number of aldehydes is 1. The van der Waals surface area contributed by atoms with Crippen molar-refractivity contribution in [3.63, 3.8) is 0 Å². The number of carbonyl (C=O) groups excluding carboxylic acids is 1. The highest BCUT2D eigenvalue weighted by Crippen LogP contribution is 2.33. The van der Waals surface area contributed by atoms with E-state index in [2.05, 4.69) is 15.5 Å². The summed E-state index contributed by atoms with van der Waals surface area (Å²) in [7, 11) is 0. The fraction of sp³-hybridized carbons (Fsp3) is 0.211. The molecule has 0 unspecified atom stereocenters. The lowest BCUT2D eigenvalue weighted by atomic mass is 9.96. The maximum atomic E-state index is 12.7. The van der Waals surface area contributed by atoms with Crippen molar-refractivity contribution in [2.75, 3.05) is 5.32 Å². The second-order valence-electron chi connectivity index (χ2n) is 6.50. The van der Waals surface area contributed by atoms with E-state index in [1.54, 1.807) is 38.1 Å². The fourth-order valence-electron chi connectivity index (χ4n) is 2.32. The summed E-state index contributed by atoms with van der Waals surface area (Å²) in [5.41, 5.74) is -0.0160. The Balaban J connectivity index is 1.90. The highest BCUT2D eigenvalue weighted by Gasteiger charge is 2.30. The summed E-state index contributed by atoms with van der Waals surface area (Å²) in [6.07, 6.45) is -3.67. The van der Waals surface area contributed by atoms with Crippen LogP contribution in [-0.4, -0.2) is 16.5 Å². The molecule has 0 aliphatic carbocycles. The third-order valence-corrected chi connectivity index (χ3v) is 3.92. The number of para-hydroxylation sites is 1. The van der Waals surface area contributed by atoms with E-state index < -0.39 is 17.2 Å². The van der Waals surface area contributed by atoms with E-state index in [0.717, 1.165) is 18.4 Å². The normalized spacial score (nSPS) is 12.0. The Bertz CT molecular complexity index is 947. The number of hydrogen-bond acceptors (Lipinski definition) is 5. The van der Waals surface area contributed by atoms with Crippen LogP contribution in [0.5, 0.6) is 0 Å². The second kappa shape index (κ2) is 6.86. The summed E-state index contributed by atoms with van der Waals surface area (Å²) in [6, 6.07) is 11.7. The third-order valence-electron chi connectivity index (χ3n) is 3.92. The number of alkyl halides is 3. The van der Waals surface area contributed by atoms with Gasteiger partial charge in [-0.05, 0) is 50.2 Å². The molecule has 3 aromatic rings. The Hall–Kier alpha value is -3.16. The molecule has 8 heteroatoms. The zero-order valence-electron chi connectivity index (χ0n) is 14.5. The smallest absolute Gasteiger partial charge is 0.416 e. The molecule has 0 aliphatic heterocycles. The summed E-state index contributed by atoms with van der Waals surface area (Å²) in [5.74, 6) is 0.381. The minimum atomic E-state index is -4.39. The van der Waals surface area contributed by atoms with E-state index in [4.69, 9.17) is 4.42 Å². The number of halogens is 3. The zero-order valence-corrected chi connectivity index (χ0v) is 14.5. The van der Waals surface area contributed by atoms with E-state index in [1.165, 1.54) is 12.1 Å². The van der Waals surface area contributed by atoms with Gasteiger partial charge < -0.3 is 14.5 Å². The molecule has 5 nitrogen and oxygen atoms in total. The van der Waals surface area contributed by atoms with Crippen LogP contribution in [0.3, 0.4) is 0 Å². The van der Waals surface area contributed by atoms with Crippen molar-refractivity contribution >= 4 is 17.7 Å². The van der Waals surface area contributed by atoms with E-state index in [-0.39, 0.29) is 11.8 Å². The third kappa shape index (κ3) is 3.99. The van der Waals surface area contributed by atoms with Gasteiger partial charge in [-0.25, -0.2) is 0 Å². The van der Waals surface area contributed by atoms with Crippen LogP contribution in [0.4, 0.5) is 24.5 Å². The van der Waals surface area contributed by atoms with Gasteiger partial charge in [0.05, 0.1) is 22.2 Å². The Morgan fingerprint density at radius 1 is 1.00 bits per heavy atom. The van der Waals surface area contributed by atoms with Crippen LogP contribution in [0, 0.1) is 0 Å². The van der Waals surface area contributed by atoms with Crippen molar-refractivity contribution in [2.24, 2.45) is 0 Å². The quantitative estimate of drug-likeness (QED) is 0.638. The standard InChI is InChI=1S/C19H16F3N3O2/c1-18(2,11-26)17-25-24-16(27-17)14-5-3-4-6-15(14)23-13-9-7-12(8-10-13)19(20,21)22/h3-11,23H,1-2H3. The van der Waals surface area contributed by atoms with Crippen molar-refractivity contribution in [3.05, 3.63) is 60.0 Å². The van der Waals surface area contributed by atoms with Gasteiger partial charge in [-0.3, -0.25) is 0 Å². The number of nitrogens with zero attached hydrogens (tertiary/aromatic N) is 2. The van der Waals surface area contributed by atoms with E-state index in [9.17, 15) is 18.0 Å². The van der Waals surface area contributed by atoms with Crippen molar-refractivity contribution in [1.29, 1.82) is 0 Å². The molecular weight excluding hydrogens is 359 g/mol. The summed E-state index contributed by atoms with van der Waals surface area (Å²) >= 11 is 0. The number of hydrogen-bond donors (Lipinski definition) is 1. The monoisotopic (exact) mass is 375 g/mol. The van der Waals surface area contributed by atoms with Crippen molar-refractivity contribution in [2.45, 2.75) is 25.4 Å². The molecular formula is C19H16F3N3O2. The molecule has 1 aromatic heterocycles. The molecule has 0 bridgehead atoms. The summed E-state index contributed by atoms with van der Waals surface area (Å²) < 4.78 is 43.7. The molecule has 2 aromatic carbocycles. The first kappa shape index (κ1) is 18.6. The van der Waals surface area contributed by atoms with Crippen LogP contribution in [0.2, 0.25) is 0 Å². The van der Waals surface area contributed by atoms with E-state index in [1.807, 2.05) is 0 Å². The van der Waals surface area contributed by atoms with Gasteiger partial charge in [0.25, 0.3) is 0 Å². The number of aromatic nitrogens is 2. The van der Waals surface area contributed by atoms with Gasteiger partial charge in [0.2, 0.25) is 11.8 Å². The molecule has 0 atom stereocenters. The molecule has 0 fully saturated rings. The lowest BCUT2D eigenvalue weighted by molar-refractivity contribution is -0.137. The Labute approximate surface area is 153 Å². The largest absolute Gasteiger partial charge is 0.420 e. The van der Waals surface area contributed by atoms with Crippen molar-refractivity contribution in [1.82, 2.24) is 10.2 Å². The van der Waals surface area contributed by atoms with Crippen molar-refractivity contribution < 1.29 is 22.4 Å². The Morgan fingerprint density at radius 2 is 1.67 bits per heavy atom. The average Bonchev–Trinajstić information content (AvgIpc) is 3.13. The highest BCUT2D eigenvalue weighted by molar-refractivity contribution is 5.77. The predicted octanol–water partition coefficient (Wildman–Crippen LogP) is 4.98. The number of benzene rings is 2. The predicted molar refractivity (Wildman–Crippen MR) is 93.6 cm³/mol. The minimum absolute atomic E-state index is 0.178. The van der Waals surface area contributed by atoms with Gasteiger partial charge in [0.15, 0.2) is 0 Å².